The molecule has 0 saturated carbocycles. The molecule has 2 rings (SSSR count). The van der Waals surface area contributed by atoms with E-state index < -0.39 is 0 Å². The maximum atomic E-state index is 13.1. The number of aryl methyl sites for hydroxylation is 1. The van der Waals surface area contributed by atoms with E-state index in [4.69, 9.17) is 0 Å². The zero-order chi connectivity index (χ0) is 16.8. The Balaban J connectivity index is 1.73. The van der Waals surface area contributed by atoms with E-state index in [1.807, 2.05) is 0 Å². The third-order valence-electron chi connectivity index (χ3n) is 4.55. The molecule has 0 unspecified atom stereocenters. The van der Waals surface area contributed by atoms with E-state index in [1.165, 1.54) is 12.1 Å². The van der Waals surface area contributed by atoms with Crippen LogP contribution >= 0.6 is 0 Å². The lowest BCUT2D eigenvalue weighted by Gasteiger charge is -2.32. The van der Waals surface area contributed by atoms with Crippen molar-refractivity contribution < 1.29 is 9.18 Å². The van der Waals surface area contributed by atoms with Crippen molar-refractivity contribution in [3.05, 3.63) is 35.1 Å². The number of halogens is 1. The van der Waals surface area contributed by atoms with Crippen LogP contribution in [0.15, 0.2) is 18.2 Å². The van der Waals surface area contributed by atoms with Gasteiger partial charge in [0, 0.05) is 25.2 Å². The van der Waals surface area contributed by atoms with Crippen LogP contribution in [0.1, 0.15) is 28.8 Å². The number of nitrogens with one attached hydrogen (secondary N) is 1. The summed E-state index contributed by atoms with van der Waals surface area (Å²) in [6.07, 6.45) is 2.24. The molecular weight excluding hydrogens is 293 g/mol. The average molecular weight is 321 g/mol. The van der Waals surface area contributed by atoms with Crippen LogP contribution in [0, 0.1) is 18.7 Å². The first kappa shape index (κ1) is 17.9. The molecule has 1 amide bonds. The van der Waals surface area contributed by atoms with Crippen molar-refractivity contribution >= 4 is 5.91 Å². The summed E-state index contributed by atoms with van der Waals surface area (Å²) in [5.74, 6) is 0.136. The smallest absolute Gasteiger partial charge is 0.251 e. The summed E-state index contributed by atoms with van der Waals surface area (Å²) in [7, 11) is 4.19. The van der Waals surface area contributed by atoms with Crippen LogP contribution in [0.2, 0.25) is 0 Å². The lowest BCUT2D eigenvalue weighted by Crippen LogP contribution is -2.41. The van der Waals surface area contributed by atoms with Crippen LogP contribution in [-0.4, -0.2) is 62.5 Å². The summed E-state index contributed by atoms with van der Waals surface area (Å²) in [4.78, 5) is 16.9. The molecule has 1 aliphatic rings. The molecule has 1 heterocycles. The number of likely N-dealkylation sites (tertiary alicyclic amines) is 1. The van der Waals surface area contributed by atoms with Gasteiger partial charge in [-0.15, -0.1) is 0 Å². The van der Waals surface area contributed by atoms with Gasteiger partial charge in [-0.2, -0.15) is 0 Å². The first-order chi connectivity index (χ1) is 11.0. The van der Waals surface area contributed by atoms with Gasteiger partial charge < -0.3 is 15.1 Å². The van der Waals surface area contributed by atoms with Crippen LogP contribution < -0.4 is 5.32 Å². The molecule has 128 valence electrons. The van der Waals surface area contributed by atoms with E-state index >= 15 is 0 Å². The number of hydrogen-bond acceptors (Lipinski definition) is 3. The van der Waals surface area contributed by atoms with Gasteiger partial charge in [-0.05, 0) is 76.6 Å². The number of benzene rings is 1. The van der Waals surface area contributed by atoms with Gasteiger partial charge in [0.05, 0.1) is 0 Å². The van der Waals surface area contributed by atoms with Crippen molar-refractivity contribution in [2.45, 2.75) is 19.8 Å². The van der Waals surface area contributed by atoms with Crippen LogP contribution in [0.3, 0.4) is 0 Å². The molecule has 23 heavy (non-hydrogen) atoms. The predicted octanol–water partition coefficient (Wildman–Crippen LogP) is 2.14. The van der Waals surface area contributed by atoms with Gasteiger partial charge >= 0.3 is 0 Å². The molecule has 0 aromatic heterocycles. The summed E-state index contributed by atoms with van der Waals surface area (Å²) < 4.78 is 13.1. The van der Waals surface area contributed by atoms with Crippen molar-refractivity contribution in [1.82, 2.24) is 15.1 Å². The number of carbonyl (C=O) groups is 1. The van der Waals surface area contributed by atoms with E-state index in [0.29, 0.717) is 23.6 Å². The third kappa shape index (κ3) is 5.59. The molecule has 1 saturated heterocycles. The van der Waals surface area contributed by atoms with Crippen LogP contribution in [-0.2, 0) is 0 Å². The standard InChI is InChI=1S/C18H28FN3O/c1-14-12-16(19)4-5-17(14)18(23)20-13-15-6-8-22(9-7-15)11-10-21(2)3/h4-5,12,15H,6-11,13H2,1-3H3,(H,20,23). The van der Waals surface area contributed by atoms with Crippen LogP contribution in [0.5, 0.6) is 0 Å². The maximum absolute atomic E-state index is 13.1. The van der Waals surface area contributed by atoms with Crippen molar-refractivity contribution in [3.8, 4) is 0 Å². The fourth-order valence-electron chi connectivity index (χ4n) is 2.97. The van der Waals surface area contributed by atoms with Gasteiger partial charge in [0.15, 0.2) is 0 Å². The molecule has 1 aromatic rings. The molecule has 0 spiro atoms. The summed E-state index contributed by atoms with van der Waals surface area (Å²) in [5, 5.41) is 3.01. The number of rotatable bonds is 6. The molecule has 4 nitrogen and oxygen atoms in total. The van der Waals surface area contributed by atoms with Gasteiger partial charge in [-0.1, -0.05) is 0 Å². The molecule has 1 fully saturated rings. The predicted molar refractivity (Wildman–Crippen MR) is 91.2 cm³/mol. The molecule has 0 bridgehead atoms. The van der Waals surface area contributed by atoms with Crippen LogP contribution in [0.25, 0.3) is 0 Å². The van der Waals surface area contributed by atoms with Gasteiger partial charge in [0.25, 0.3) is 5.91 Å². The maximum Gasteiger partial charge on any atom is 0.251 e. The SMILES string of the molecule is Cc1cc(F)ccc1C(=O)NCC1CCN(CCN(C)C)CC1. The molecule has 0 radical (unpaired) electrons. The Morgan fingerprint density at radius 1 is 1.35 bits per heavy atom. The molecule has 1 aliphatic heterocycles. The zero-order valence-electron chi connectivity index (χ0n) is 14.4. The second-order valence-corrected chi connectivity index (χ2v) is 6.76. The average Bonchev–Trinajstić information content (AvgIpc) is 2.51. The molecule has 1 N–H and O–H groups in total. The van der Waals surface area contributed by atoms with E-state index in [2.05, 4.69) is 29.2 Å². The molecule has 0 atom stereocenters. The summed E-state index contributed by atoms with van der Waals surface area (Å²) in [5.41, 5.74) is 1.25. The monoisotopic (exact) mass is 321 g/mol. The fourth-order valence-corrected chi connectivity index (χ4v) is 2.97. The molecule has 1 aromatic carbocycles. The van der Waals surface area contributed by atoms with Gasteiger partial charge in [0.2, 0.25) is 0 Å². The Morgan fingerprint density at radius 2 is 2.04 bits per heavy atom. The number of carbonyl (C=O) groups excluding carboxylic acids is 1. The normalized spacial score (nSPS) is 16.7. The number of nitrogens with zero attached hydrogens (tertiary/aromatic N) is 2. The van der Waals surface area contributed by atoms with Crippen molar-refractivity contribution in [3.63, 3.8) is 0 Å². The van der Waals surface area contributed by atoms with E-state index in [0.717, 1.165) is 39.0 Å². The molecule has 5 heteroatoms. The second kappa shape index (κ2) is 8.41. The van der Waals surface area contributed by atoms with Gasteiger partial charge in [-0.3, -0.25) is 4.79 Å². The quantitative estimate of drug-likeness (QED) is 0.872. The summed E-state index contributed by atoms with van der Waals surface area (Å²) in [6, 6.07) is 4.30. The fraction of sp³-hybridized carbons (Fsp3) is 0.611. The van der Waals surface area contributed by atoms with Crippen molar-refractivity contribution in [2.75, 3.05) is 46.8 Å². The minimum atomic E-state index is -0.302. The molecule has 0 aliphatic carbocycles. The Kier molecular flexibility index (Phi) is 6.54. The third-order valence-corrected chi connectivity index (χ3v) is 4.55. The topological polar surface area (TPSA) is 35.6 Å². The number of piperidine rings is 1. The van der Waals surface area contributed by atoms with E-state index in [1.54, 1.807) is 13.0 Å². The highest BCUT2D eigenvalue weighted by atomic mass is 19.1. The Labute approximate surface area is 138 Å². The summed E-state index contributed by atoms with van der Waals surface area (Å²) >= 11 is 0. The first-order valence-electron chi connectivity index (χ1n) is 8.37. The highest BCUT2D eigenvalue weighted by Crippen LogP contribution is 2.17. The van der Waals surface area contributed by atoms with Crippen molar-refractivity contribution in [1.29, 1.82) is 0 Å². The highest BCUT2D eigenvalue weighted by molar-refractivity contribution is 5.95. The lowest BCUT2D eigenvalue weighted by atomic mass is 9.96. The minimum Gasteiger partial charge on any atom is -0.352 e. The lowest BCUT2D eigenvalue weighted by molar-refractivity contribution is 0.0934. The molecular formula is C18H28FN3O. The zero-order valence-corrected chi connectivity index (χ0v) is 14.4. The van der Waals surface area contributed by atoms with Crippen molar-refractivity contribution in [2.24, 2.45) is 5.92 Å². The Morgan fingerprint density at radius 3 is 2.65 bits per heavy atom. The van der Waals surface area contributed by atoms with E-state index in [9.17, 15) is 9.18 Å². The minimum absolute atomic E-state index is 0.0995. The number of hydrogen-bond donors (Lipinski definition) is 1. The largest absolute Gasteiger partial charge is 0.352 e. The Bertz CT molecular complexity index is 525. The Hall–Kier alpha value is -1.46. The summed E-state index contributed by atoms with van der Waals surface area (Å²) in [6.45, 7) is 6.87. The first-order valence-corrected chi connectivity index (χ1v) is 8.37. The van der Waals surface area contributed by atoms with Crippen LogP contribution in [0.4, 0.5) is 4.39 Å². The number of likely N-dealkylation sites (N-methyl/N-ethyl adjacent to an activating group) is 1. The highest BCUT2D eigenvalue weighted by Gasteiger charge is 2.20. The number of amides is 1. The van der Waals surface area contributed by atoms with E-state index in [-0.39, 0.29) is 11.7 Å². The second-order valence-electron chi connectivity index (χ2n) is 6.76. The van der Waals surface area contributed by atoms with Gasteiger partial charge in [-0.25, -0.2) is 4.39 Å². The van der Waals surface area contributed by atoms with Gasteiger partial charge in [0.1, 0.15) is 5.82 Å².